The number of carboxylic acid groups (broad SMARTS) is 1. The van der Waals surface area contributed by atoms with Crippen LogP contribution in [0.2, 0.25) is 0 Å². The Morgan fingerprint density at radius 2 is 2.06 bits per heavy atom. The molecule has 6 heteroatoms. The van der Waals surface area contributed by atoms with Gasteiger partial charge in [-0.05, 0) is 33.7 Å². The maximum atomic E-state index is 10.7. The molecule has 0 radical (unpaired) electrons. The zero-order valence-electron chi connectivity index (χ0n) is 11.0. The monoisotopic (exact) mass is 252 g/mol. The van der Waals surface area contributed by atoms with Crippen molar-refractivity contribution in [3.8, 4) is 0 Å². The lowest BCUT2D eigenvalue weighted by atomic mass is 10.4. The van der Waals surface area contributed by atoms with Crippen molar-refractivity contribution in [2.75, 3.05) is 33.2 Å². The van der Waals surface area contributed by atoms with Crippen molar-refractivity contribution in [3.63, 3.8) is 0 Å². The van der Waals surface area contributed by atoms with Crippen LogP contribution in [0, 0.1) is 0 Å². The quantitative estimate of drug-likeness (QED) is 0.455. The summed E-state index contributed by atoms with van der Waals surface area (Å²) in [5.74, 6) is -0.301. The lowest BCUT2D eigenvalue weighted by molar-refractivity contribution is -0.132. The third kappa shape index (κ3) is 4.29. The van der Waals surface area contributed by atoms with E-state index < -0.39 is 5.97 Å². The summed E-state index contributed by atoms with van der Waals surface area (Å²) >= 11 is 0. The lowest BCUT2D eigenvalue weighted by Gasteiger charge is -2.21. The van der Waals surface area contributed by atoms with Gasteiger partial charge >= 0.3 is 5.97 Å². The van der Waals surface area contributed by atoms with Gasteiger partial charge in [0.05, 0.1) is 6.20 Å². The summed E-state index contributed by atoms with van der Waals surface area (Å²) in [6.07, 6.45) is 2.33. The van der Waals surface area contributed by atoms with Crippen LogP contribution in [0.5, 0.6) is 0 Å². The van der Waals surface area contributed by atoms with Crippen molar-refractivity contribution in [3.05, 3.63) is 11.9 Å². The SMILES string of the molecule is C=N/C(=C\N=C(C)N1CCCN(C)CC1)C(=O)O. The van der Waals surface area contributed by atoms with Crippen molar-refractivity contribution in [2.24, 2.45) is 9.98 Å². The zero-order valence-corrected chi connectivity index (χ0v) is 11.0. The van der Waals surface area contributed by atoms with Gasteiger partial charge < -0.3 is 14.9 Å². The molecule has 1 aliphatic rings. The van der Waals surface area contributed by atoms with Gasteiger partial charge in [0.1, 0.15) is 5.84 Å². The number of carboxylic acids is 1. The molecule has 100 valence electrons. The molecule has 0 spiro atoms. The van der Waals surface area contributed by atoms with E-state index in [0.717, 1.165) is 38.4 Å². The molecule has 0 aromatic carbocycles. The predicted molar refractivity (Wildman–Crippen MR) is 72.1 cm³/mol. The van der Waals surface area contributed by atoms with Crippen LogP contribution in [0.25, 0.3) is 0 Å². The molecule has 0 atom stereocenters. The fourth-order valence-electron chi connectivity index (χ4n) is 1.77. The van der Waals surface area contributed by atoms with E-state index >= 15 is 0 Å². The molecule has 0 unspecified atom stereocenters. The summed E-state index contributed by atoms with van der Waals surface area (Å²) in [7, 11) is 2.10. The zero-order chi connectivity index (χ0) is 13.5. The number of amidine groups is 1. The minimum Gasteiger partial charge on any atom is -0.476 e. The molecule has 0 bridgehead atoms. The smallest absolute Gasteiger partial charge is 0.356 e. The number of hydrogen-bond donors (Lipinski definition) is 1. The number of rotatable bonds is 3. The highest BCUT2D eigenvalue weighted by molar-refractivity contribution is 5.88. The van der Waals surface area contributed by atoms with Gasteiger partial charge in [-0.3, -0.25) is 4.99 Å². The Bertz CT molecular complexity index is 376. The molecule has 1 rings (SSSR count). The molecule has 0 aromatic heterocycles. The highest BCUT2D eigenvalue weighted by atomic mass is 16.4. The van der Waals surface area contributed by atoms with Crippen molar-refractivity contribution in [1.29, 1.82) is 0 Å². The first-order chi connectivity index (χ1) is 8.54. The summed E-state index contributed by atoms with van der Waals surface area (Å²) in [6, 6.07) is 0. The molecule has 0 saturated carbocycles. The molecule has 1 heterocycles. The van der Waals surface area contributed by atoms with Crippen LogP contribution >= 0.6 is 0 Å². The van der Waals surface area contributed by atoms with Gasteiger partial charge in [-0.15, -0.1) is 0 Å². The number of likely N-dealkylation sites (N-methyl/N-ethyl adjacent to an activating group) is 1. The average Bonchev–Trinajstić information content (AvgIpc) is 2.54. The van der Waals surface area contributed by atoms with Crippen molar-refractivity contribution < 1.29 is 9.90 Å². The molecule has 0 aromatic rings. The molecule has 18 heavy (non-hydrogen) atoms. The van der Waals surface area contributed by atoms with E-state index in [1.807, 2.05) is 6.92 Å². The van der Waals surface area contributed by atoms with E-state index in [1.165, 1.54) is 6.20 Å². The molecule has 0 amide bonds. The third-order valence-corrected chi connectivity index (χ3v) is 2.94. The normalized spacial score (nSPS) is 19.6. The molecule has 0 aliphatic carbocycles. The molecule has 1 fully saturated rings. The fraction of sp³-hybridized carbons (Fsp3) is 0.583. The molecule has 1 saturated heterocycles. The third-order valence-electron chi connectivity index (χ3n) is 2.94. The minimum atomic E-state index is -1.11. The Labute approximate surface area is 107 Å². The fourth-order valence-corrected chi connectivity index (χ4v) is 1.77. The maximum absolute atomic E-state index is 10.7. The molecular weight excluding hydrogens is 232 g/mol. The Balaban J connectivity index is 2.70. The maximum Gasteiger partial charge on any atom is 0.356 e. The summed E-state index contributed by atoms with van der Waals surface area (Å²) < 4.78 is 0. The molecule has 1 N–H and O–H groups in total. The predicted octanol–water partition coefficient (Wildman–Crippen LogP) is 0.669. The van der Waals surface area contributed by atoms with Crippen LogP contribution in [0.3, 0.4) is 0 Å². The Hall–Kier alpha value is -1.69. The van der Waals surface area contributed by atoms with Crippen LogP contribution in [0.4, 0.5) is 0 Å². The van der Waals surface area contributed by atoms with E-state index in [4.69, 9.17) is 5.11 Å². The summed E-state index contributed by atoms with van der Waals surface area (Å²) in [5.41, 5.74) is -0.138. The highest BCUT2D eigenvalue weighted by Gasteiger charge is 2.12. The van der Waals surface area contributed by atoms with E-state index in [2.05, 4.69) is 33.5 Å². The second kappa shape index (κ2) is 6.90. The van der Waals surface area contributed by atoms with E-state index in [0.29, 0.717) is 0 Å². The van der Waals surface area contributed by atoms with Crippen molar-refractivity contribution in [1.82, 2.24) is 9.80 Å². The number of aliphatic carboxylic acids is 1. The van der Waals surface area contributed by atoms with Crippen LogP contribution in [-0.4, -0.2) is 66.7 Å². The van der Waals surface area contributed by atoms with Crippen LogP contribution in [-0.2, 0) is 4.79 Å². The van der Waals surface area contributed by atoms with Gasteiger partial charge in [0, 0.05) is 19.6 Å². The topological polar surface area (TPSA) is 68.5 Å². The standard InChI is InChI=1S/C12H20N4O2/c1-10(14-9-11(13-2)12(17)18)16-6-4-5-15(3)7-8-16/h9H,2,4-8H2,1,3H3,(H,17,18)/b11-9-,14-10?. The minimum absolute atomic E-state index is 0.138. The van der Waals surface area contributed by atoms with E-state index in [1.54, 1.807) is 0 Å². The van der Waals surface area contributed by atoms with Gasteiger partial charge in [-0.2, -0.15) is 0 Å². The summed E-state index contributed by atoms with van der Waals surface area (Å²) in [4.78, 5) is 22.7. The first-order valence-electron chi connectivity index (χ1n) is 5.92. The van der Waals surface area contributed by atoms with Crippen LogP contribution in [0.1, 0.15) is 13.3 Å². The Kier molecular flexibility index (Phi) is 5.51. The second-order valence-electron chi connectivity index (χ2n) is 4.30. The number of hydrogen-bond acceptors (Lipinski definition) is 4. The molecule has 6 nitrogen and oxygen atoms in total. The van der Waals surface area contributed by atoms with Gasteiger partial charge in [0.25, 0.3) is 0 Å². The van der Waals surface area contributed by atoms with Gasteiger partial charge in [-0.25, -0.2) is 9.79 Å². The van der Waals surface area contributed by atoms with Gasteiger partial charge in [0.2, 0.25) is 0 Å². The van der Waals surface area contributed by atoms with Crippen LogP contribution in [0.15, 0.2) is 21.9 Å². The van der Waals surface area contributed by atoms with Crippen molar-refractivity contribution >= 4 is 18.5 Å². The highest BCUT2D eigenvalue weighted by Crippen LogP contribution is 2.04. The summed E-state index contributed by atoms with van der Waals surface area (Å²) in [6.45, 7) is 9.00. The summed E-state index contributed by atoms with van der Waals surface area (Å²) in [5, 5.41) is 8.78. The number of nitrogens with zero attached hydrogens (tertiary/aromatic N) is 4. The Morgan fingerprint density at radius 3 is 2.67 bits per heavy atom. The molecular formula is C12H20N4O2. The first kappa shape index (κ1) is 14.4. The average molecular weight is 252 g/mol. The molecule has 1 aliphatic heterocycles. The van der Waals surface area contributed by atoms with Gasteiger partial charge in [0.15, 0.2) is 5.70 Å². The van der Waals surface area contributed by atoms with Gasteiger partial charge in [-0.1, -0.05) is 0 Å². The van der Waals surface area contributed by atoms with E-state index in [9.17, 15) is 4.79 Å². The number of aliphatic imine (C=N–C) groups is 2. The lowest BCUT2D eigenvalue weighted by Crippen LogP contribution is -2.32. The van der Waals surface area contributed by atoms with Crippen molar-refractivity contribution in [2.45, 2.75) is 13.3 Å². The second-order valence-corrected chi connectivity index (χ2v) is 4.30. The van der Waals surface area contributed by atoms with E-state index in [-0.39, 0.29) is 5.70 Å². The first-order valence-corrected chi connectivity index (χ1v) is 5.92. The largest absolute Gasteiger partial charge is 0.476 e. The number of carbonyl (C=O) groups is 1. The Morgan fingerprint density at radius 1 is 1.33 bits per heavy atom. The van der Waals surface area contributed by atoms with Crippen LogP contribution < -0.4 is 0 Å².